The molecule has 0 aliphatic carbocycles. The minimum Gasteiger partial charge on any atom is -0.478 e. The van der Waals surface area contributed by atoms with Gasteiger partial charge in [-0.25, -0.2) is 4.79 Å². The van der Waals surface area contributed by atoms with E-state index in [0.717, 1.165) is 0 Å². The first-order valence-electron chi connectivity index (χ1n) is 5.96. The van der Waals surface area contributed by atoms with Gasteiger partial charge in [0.1, 0.15) is 6.04 Å². The molecule has 0 aromatic heterocycles. The number of aromatic carboxylic acids is 1. The number of hydrogen-bond donors (Lipinski definition) is 3. The van der Waals surface area contributed by atoms with Crippen LogP contribution in [0.2, 0.25) is 0 Å². The van der Waals surface area contributed by atoms with Crippen LogP contribution in [0.15, 0.2) is 24.3 Å². The highest BCUT2D eigenvalue weighted by Crippen LogP contribution is 2.11. The molecule has 1 aliphatic rings. The van der Waals surface area contributed by atoms with E-state index >= 15 is 0 Å². The third-order valence-electron chi connectivity index (χ3n) is 2.95. The SMILES string of the molecule is O=C1CCC(NC(=O)c2ccccc2C(=O)O)C(=O)N1. The number of carboxylic acid groups (broad SMARTS) is 1. The number of imide groups is 1. The molecule has 1 aromatic carbocycles. The molecule has 1 aromatic rings. The smallest absolute Gasteiger partial charge is 0.336 e. The maximum atomic E-state index is 12.0. The Bertz CT molecular complexity index is 596. The maximum Gasteiger partial charge on any atom is 0.336 e. The van der Waals surface area contributed by atoms with Crippen molar-refractivity contribution >= 4 is 23.7 Å². The fourth-order valence-electron chi connectivity index (χ4n) is 1.93. The lowest BCUT2D eigenvalue weighted by molar-refractivity contribution is -0.134. The van der Waals surface area contributed by atoms with Gasteiger partial charge in [0.15, 0.2) is 0 Å². The average molecular weight is 276 g/mol. The summed E-state index contributed by atoms with van der Waals surface area (Å²) < 4.78 is 0. The van der Waals surface area contributed by atoms with Gasteiger partial charge in [-0.05, 0) is 18.6 Å². The molecule has 1 saturated heterocycles. The molecule has 1 heterocycles. The fourth-order valence-corrected chi connectivity index (χ4v) is 1.93. The lowest BCUT2D eigenvalue weighted by atomic mass is 10.0. The van der Waals surface area contributed by atoms with Crippen LogP contribution < -0.4 is 10.6 Å². The Morgan fingerprint density at radius 1 is 1.20 bits per heavy atom. The van der Waals surface area contributed by atoms with E-state index in [-0.39, 0.29) is 29.9 Å². The highest BCUT2D eigenvalue weighted by Gasteiger charge is 2.29. The lowest BCUT2D eigenvalue weighted by Crippen LogP contribution is -2.52. The molecule has 7 heteroatoms. The van der Waals surface area contributed by atoms with E-state index < -0.39 is 23.8 Å². The summed E-state index contributed by atoms with van der Waals surface area (Å²) in [6, 6.07) is 4.88. The quantitative estimate of drug-likeness (QED) is 0.668. The summed E-state index contributed by atoms with van der Waals surface area (Å²) in [6.07, 6.45) is 0.336. The van der Waals surface area contributed by atoms with Gasteiger partial charge in [-0.1, -0.05) is 12.1 Å². The number of amides is 3. The molecule has 1 aliphatic heterocycles. The summed E-state index contributed by atoms with van der Waals surface area (Å²) in [5.74, 6) is -2.84. The zero-order valence-electron chi connectivity index (χ0n) is 10.4. The number of carbonyl (C=O) groups is 4. The van der Waals surface area contributed by atoms with Crippen molar-refractivity contribution in [2.24, 2.45) is 0 Å². The Hall–Kier alpha value is -2.70. The number of carbonyl (C=O) groups excluding carboxylic acids is 3. The van der Waals surface area contributed by atoms with Crippen molar-refractivity contribution in [3.8, 4) is 0 Å². The number of piperidine rings is 1. The van der Waals surface area contributed by atoms with E-state index in [2.05, 4.69) is 10.6 Å². The maximum absolute atomic E-state index is 12.0. The molecule has 3 amide bonds. The molecule has 1 atom stereocenters. The Morgan fingerprint density at radius 2 is 1.85 bits per heavy atom. The van der Waals surface area contributed by atoms with E-state index in [0.29, 0.717) is 0 Å². The molecule has 0 radical (unpaired) electrons. The molecule has 104 valence electrons. The molecule has 3 N–H and O–H groups in total. The van der Waals surface area contributed by atoms with Crippen LogP contribution in [0.25, 0.3) is 0 Å². The fraction of sp³-hybridized carbons (Fsp3) is 0.231. The van der Waals surface area contributed by atoms with Crippen molar-refractivity contribution in [2.45, 2.75) is 18.9 Å². The normalized spacial score (nSPS) is 18.3. The van der Waals surface area contributed by atoms with Crippen LogP contribution in [0.1, 0.15) is 33.6 Å². The molecule has 1 fully saturated rings. The van der Waals surface area contributed by atoms with Gasteiger partial charge >= 0.3 is 5.97 Å². The van der Waals surface area contributed by atoms with Crippen LogP contribution >= 0.6 is 0 Å². The predicted molar refractivity (Wildman–Crippen MR) is 67.0 cm³/mol. The zero-order valence-corrected chi connectivity index (χ0v) is 10.4. The molecule has 1 unspecified atom stereocenters. The average Bonchev–Trinajstić information content (AvgIpc) is 2.41. The molecule has 0 spiro atoms. The third-order valence-corrected chi connectivity index (χ3v) is 2.95. The molecule has 0 saturated carbocycles. The minimum absolute atomic E-state index is 0.0234. The van der Waals surface area contributed by atoms with Crippen molar-refractivity contribution in [1.82, 2.24) is 10.6 Å². The van der Waals surface area contributed by atoms with Gasteiger partial charge in [-0.2, -0.15) is 0 Å². The summed E-state index contributed by atoms with van der Waals surface area (Å²) in [4.78, 5) is 45.6. The van der Waals surface area contributed by atoms with Crippen LogP contribution in [-0.2, 0) is 9.59 Å². The van der Waals surface area contributed by atoms with Crippen molar-refractivity contribution in [2.75, 3.05) is 0 Å². The van der Waals surface area contributed by atoms with E-state index in [4.69, 9.17) is 5.11 Å². The Balaban J connectivity index is 2.15. The van der Waals surface area contributed by atoms with Gasteiger partial charge < -0.3 is 10.4 Å². The number of rotatable bonds is 3. The standard InChI is InChI=1S/C13H12N2O5/c16-10-6-5-9(12(18)15-10)14-11(17)7-3-1-2-4-8(7)13(19)20/h1-4,9H,5-6H2,(H,14,17)(H,19,20)(H,15,16,18). The van der Waals surface area contributed by atoms with Gasteiger partial charge in [-0.3, -0.25) is 19.7 Å². The van der Waals surface area contributed by atoms with Crippen molar-refractivity contribution in [3.05, 3.63) is 35.4 Å². The van der Waals surface area contributed by atoms with Crippen LogP contribution in [0, 0.1) is 0 Å². The molecular formula is C13H12N2O5. The molecule has 0 bridgehead atoms. The highest BCUT2D eigenvalue weighted by atomic mass is 16.4. The first-order chi connectivity index (χ1) is 9.49. The van der Waals surface area contributed by atoms with Gasteiger partial charge in [0, 0.05) is 6.42 Å². The minimum atomic E-state index is -1.22. The van der Waals surface area contributed by atoms with Crippen molar-refractivity contribution < 1.29 is 24.3 Å². The highest BCUT2D eigenvalue weighted by molar-refractivity contribution is 6.07. The van der Waals surface area contributed by atoms with E-state index in [1.54, 1.807) is 0 Å². The Kier molecular flexibility index (Phi) is 3.79. The predicted octanol–water partition coefficient (Wildman–Crippen LogP) is -0.0802. The topological polar surface area (TPSA) is 113 Å². The second kappa shape index (κ2) is 5.52. The van der Waals surface area contributed by atoms with Crippen LogP contribution in [0.4, 0.5) is 0 Å². The summed E-state index contributed by atoms with van der Waals surface area (Å²) in [5, 5.41) is 13.6. The molecule has 20 heavy (non-hydrogen) atoms. The third kappa shape index (κ3) is 2.82. The summed E-state index contributed by atoms with van der Waals surface area (Å²) in [5.41, 5.74) is -0.165. The van der Waals surface area contributed by atoms with Gasteiger partial charge in [0.05, 0.1) is 11.1 Å². The lowest BCUT2D eigenvalue weighted by Gasteiger charge is -2.22. The van der Waals surface area contributed by atoms with Crippen molar-refractivity contribution in [1.29, 1.82) is 0 Å². The van der Waals surface area contributed by atoms with Crippen LogP contribution in [0.5, 0.6) is 0 Å². The van der Waals surface area contributed by atoms with E-state index in [9.17, 15) is 19.2 Å². The largest absolute Gasteiger partial charge is 0.478 e. The number of nitrogens with one attached hydrogen (secondary N) is 2. The Morgan fingerprint density at radius 3 is 2.45 bits per heavy atom. The summed E-state index contributed by atoms with van der Waals surface area (Å²) in [6.45, 7) is 0. The van der Waals surface area contributed by atoms with Crippen LogP contribution in [0.3, 0.4) is 0 Å². The number of benzene rings is 1. The Labute approximate surface area is 114 Å². The van der Waals surface area contributed by atoms with Gasteiger partial charge in [0.2, 0.25) is 11.8 Å². The van der Waals surface area contributed by atoms with Gasteiger partial charge in [-0.15, -0.1) is 0 Å². The number of carboxylic acids is 1. The monoisotopic (exact) mass is 276 g/mol. The molecule has 2 rings (SSSR count). The summed E-state index contributed by atoms with van der Waals surface area (Å²) in [7, 11) is 0. The van der Waals surface area contributed by atoms with Crippen LogP contribution in [-0.4, -0.2) is 34.8 Å². The molecular weight excluding hydrogens is 264 g/mol. The zero-order chi connectivity index (χ0) is 14.7. The summed E-state index contributed by atoms with van der Waals surface area (Å²) >= 11 is 0. The first kappa shape index (κ1) is 13.7. The second-order valence-electron chi connectivity index (χ2n) is 4.33. The van der Waals surface area contributed by atoms with Gasteiger partial charge in [0.25, 0.3) is 5.91 Å². The first-order valence-corrected chi connectivity index (χ1v) is 5.96. The van der Waals surface area contributed by atoms with Crippen molar-refractivity contribution in [3.63, 3.8) is 0 Å². The van der Waals surface area contributed by atoms with E-state index in [1.165, 1.54) is 24.3 Å². The second-order valence-corrected chi connectivity index (χ2v) is 4.33. The van der Waals surface area contributed by atoms with E-state index in [1.807, 2.05) is 0 Å². The number of hydrogen-bond acceptors (Lipinski definition) is 4. The molecule has 7 nitrogen and oxygen atoms in total.